The maximum absolute atomic E-state index is 10.3. The summed E-state index contributed by atoms with van der Waals surface area (Å²) in [6.07, 6.45) is 61.9. The number of ether oxygens (including phenoxy) is 4. The average Bonchev–Trinajstić information content (AvgIpc) is 0.761. The van der Waals surface area contributed by atoms with Gasteiger partial charge in [-0.3, -0.25) is 0 Å². The topological polar surface area (TPSA) is 132 Å². The van der Waals surface area contributed by atoms with Crippen molar-refractivity contribution in [1.29, 1.82) is 21.0 Å². The van der Waals surface area contributed by atoms with Crippen molar-refractivity contribution in [1.82, 2.24) is 0 Å². The van der Waals surface area contributed by atoms with Crippen molar-refractivity contribution in [3.8, 4) is 91.8 Å². The minimum Gasteiger partial charge on any atom is -0.493 e. The van der Waals surface area contributed by atoms with Crippen molar-refractivity contribution < 1.29 is 18.9 Å². The van der Waals surface area contributed by atoms with Gasteiger partial charge in [-0.15, -0.1) is 0 Å². The highest BCUT2D eigenvalue weighted by Crippen LogP contribution is 2.45. The summed E-state index contributed by atoms with van der Waals surface area (Å²) in [5.74, 6) is 3.51. The summed E-state index contributed by atoms with van der Waals surface area (Å²) in [6.45, 7) is 11.4. The Bertz CT molecular complexity index is 3730. The Labute approximate surface area is 727 Å². The number of benzene rings is 8. The average molecular weight is 1610 g/mol. The second-order valence-corrected chi connectivity index (χ2v) is 34.9. The van der Waals surface area contributed by atoms with Gasteiger partial charge in [-0.1, -0.05) is 359 Å². The van der Waals surface area contributed by atoms with Crippen molar-refractivity contribution in [3.05, 3.63) is 212 Å². The second-order valence-electron chi connectivity index (χ2n) is 34.9. The molecule has 0 fully saturated rings. The number of rotatable bonds is 60. The smallest absolute Gasteiger partial charge is 0.126 e. The van der Waals surface area contributed by atoms with Crippen LogP contribution < -0.4 is 18.9 Å². The van der Waals surface area contributed by atoms with Gasteiger partial charge in [0, 0.05) is 25.7 Å². The monoisotopic (exact) mass is 1610 g/mol. The zero-order chi connectivity index (χ0) is 84.1. The third-order valence-corrected chi connectivity index (χ3v) is 24.9. The van der Waals surface area contributed by atoms with Crippen LogP contribution >= 0.6 is 0 Å². The van der Waals surface area contributed by atoms with Gasteiger partial charge < -0.3 is 18.9 Å². The molecule has 120 heavy (non-hydrogen) atoms. The SMILES string of the molecule is CCCCCCCCCCCCCCOc1c2cc(-c3ccc(C#N)cc3)cc1Cc1cc(-c3ccc(C#N)cc3)cc(c1OCCCCCCCCCCCCCC)Cc1cc(-c3ccc(C#N)cc3)cc(c1OCCCCCCCCCCCCCC)Cc1cc(-c3ccc(C#N)cc3)cc(c1OCCCCCCCCCCCCCC)C2. The van der Waals surface area contributed by atoms with Crippen LogP contribution in [0.15, 0.2) is 146 Å². The molecule has 0 aromatic heterocycles. The van der Waals surface area contributed by atoms with E-state index in [0.717, 1.165) is 163 Å². The Kier molecular flexibility index (Phi) is 45.2. The molecule has 0 radical (unpaired) electrons. The van der Waals surface area contributed by atoms with Gasteiger partial charge >= 0.3 is 0 Å². The lowest BCUT2D eigenvalue weighted by Crippen LogP contribution is -2.11. The summed E-state index contributed by atoms with van der Waals surface area (Å²) >= 11 is 0. The molecule has 0 aliphatic heterocycles. The van der Waals surface area contributed by atoms with Gasteiger partial charge in [-0.05, 0) is 212 Å². The van der Waals surface area contributed by atoms with E-state index in [-0.39, 0.29) is 0 Å². The molecule has 0 spiro atoms. The standard InChI is InChI=1S/C112H148N4O4/c1-5-9-13-17-21-25-29-33-37-41-45-49-69-117-109-101-73-97(93-61-53-89(85-113)54-62-93)74-102(109)82-104-76-99(95-65-57-91(87-115)58-66-95)78-106(111(104)119-71-51-47-43-39-35-31-27-23-19-15-11-7-3)84-108-80-100(96-67-59-92(88-116)60-68-96)79-107(112(108)120-72-52-48-44-40-36-32-28-24-20-16-12-8-4)83-105-77-98(94-63-55-90(86-114)56-64-94)75-103(81-101)110(105)118-70-50-46-42-38-34-30-26-22-18-14-10-6-2/h53-68,73-80H,5-52,69-72,81-84H2,1-4H3. The summed E-state index contributed by atoms with van der Waals surface area (Å²) in [6, 6.07) is 60.7. The van der Waals surface area contributed by atoms with Crippen molar-refractivity contribution in [2.75, 3.05) is 26.4 Å². The van der Waals surface area contributed by atoms with Gasteiger partial charge in [-0.25, -0.2) is 0 Å². The summed E-state index contributed by atoms with van der Waals surface area (Å²) in [5.41, 5.74) is 19.0. The van der Waals surface area contributed by atoms with E-state index in [2.05, 4.69) is 149 Å². The first-order valence-electron chi connectivity index (χ1n) is 48.4. The molecule has 1 aliphatic rings. The third kappa shape index (κ3) is 33.4. The van der Waals surface area contributed by atoms with Crippen LogP contribution in [0.4, 0.5) is 0 Å². The van der Waals surface area contributed by atoms with Crippen LogP contribution in [0.1, 0.15) is 403 Å². The van der Waals surface area contributed by atoms with Crippen molar-refractivity contribution in [2.45, 2.75) is 362 Å². The molecule has 0 heterocycles. The van der Waals surface area contributed by atoms with Gasteiger partial charge in [-0.2, -0.15) is 21.0 Å². The van der Waals surface area contributed by atoms with Crippen LogP contribution in [0.5, 0.6) is 23.0 Å². The molecular weight excluding hydrogens is 1470 g/mol. The molecule has 8 aromatic carbocycles. The fraction of sp³-hybridized carbons (Fsp3) is 0.536. The molecule has 9 rings (SSSR count). The second kappa shape index (κ2) is 57.3. The largest absolute Gasteiger partial charge is 0.493 e. The molecule has 0 N–H and O–H groups in total. The van der Waals surface area contributed by atoms with Gasteiger partial charge in [0.25, 0.3) is 0 Å². The van der Waals surface area contributed by atoms with E-state index in [1.165, 1.54) is 257 Å². The van der Waals surface area contributed by atoms with E-state index in [1.807, 2.05) is 48.5 Å². The fourth-order valence-corrected chi connectivity index (χ4v) is 17.7. The van der Waals surface area contributed by atoms with Crippen LogP contribution in [0.25, 0.3) is 44.5 Å². The molecule has 640 valence electrons. The van der Waals surface area contributed by atoms with E-state index in [1.54, 1.807) is 0 Å². The van der Waals surface area contributed by atoms with Crippen molar-refractivity contribution in [3.63, 3.8) is 0 Å². The normalized spacial score (nSPS) is 11.7. The maximum Gasteiger partial charge on any atom is 0.126 e. The Hall–Kier alpha value is -9.08. The highest BCUT2D eigenvalue weighted by Gasteiger charge is 2.27. The first-order valence-corrected chi connectivity index (χ1v) is 48.4. The fourth-order valence-electron chi connectivity index (χ4n) is 17.7. The third-order valence-electron chi connectivity index (χ3n) is 24.9. The number of unbranched alkanes of at least 4 members (excludes halogenated alkanes) is 44. The lowest BCUT2D eigenvalue weighted by Gasteiger charge is -2.25. The van der Waals surface area contributed by atoms with Crippen LogP contribution in [0.2, 0.25) is 0 Å². The quantitative estimate of drug-likeness (QED) is 0.0344. The number of fused-ring (bicyclic) bond motifs is 8. The molecule has 0 saturated heterocycles. The van der Waals surface area contributed by atoms with E-state index in [9.17, 15) is 21.0 Å². The summed E-state index contributed by atoms with van der Waals surface area (Å²) in [7, 11) is 0. The predicted octanol–water partition coefficient (Wildman–Crippen LogP) is 32.8. The van der Waals surface area contributed by atoms with Crippen LogP contribution in [0.3, 0.4) is 0 Å². The molecule has 8 bridgehead atoms. The lowest BCUT2D eigenvalue weighted by molar-refractivity contribution is 0.293. The Morgan fingerprint density at radius 2 is 0.317 bits per heavy atom. The van der Waals surface area contributed by atoms with Gasteiger partial charge in [0.05, 0.1) is 73.0 Å². The summed E-state index contributed by atoms with van der Waals surface area (Å²) in [4.78, 5) is 0. The highest BCUT2D eigenvalue weighted by molar-refractivity contribution is 5.76. The maximum atomic E-state index is 10.3. The molecule has 8 nitrogen and oxygen atoms in total. The molecule has 0 saturated carbocycles. The number of nitrogens with zero attached hydrogens (tertiary/aromatic N) is 4. The minimum atomic E-state index is 0.480. The molecule has 8 heteroatoms. The van der Waals surface area contributed by atoms with E-state index in [4.69, 9.17) is 18.9 Å². The number of hydrogen-bond donors (Lipinski definition) is 0. The Morgan fingerprint density at radius 3 is 0.450 bits per heavy atom. The van der Waals surface area contributed by atoms with E-state index in [0.29, 0.717) is 74.4 Å². The van der Waals surface area contributed by atoms with Crippen LogP contribution in [-0.4, -0.2) is 26.4 Å². The molecular formula is C112H148N4O4. The van der Waals surface area contributed by atoms with Gasteiger partial charge in [0.2, 0.25) is 0 Å². The first-order chi connectivity index (χ1) is 59.3. The molecule has 0 atom stereocenters. The Balaban J connectivity index is 1.23. The zero-order valence-corrected chi connectivity index (χ0v) is 74.9. The lowest BCUT2D eigenvalue weighted by atomic mass is 9.86. The van der Waals surface area contributed by atoms with Crippen molar-refractivity contribution >= 4 is 0 Å². The van der Waals surface area contributed by atoms with Gasteiger partial charge in [0.1, 0.15) is 23.0 Å². The zero-order valence-electron chi connectivity index (χ0n) is 74.9. The van der Waals surface area contributed by atoms with Crippen LogP contribution in [0, 0.1) is 45.3 Å². The molecule has 0 amide bonds. The van der Waals surface area contributed by atoms with E-state index >= 15 is 0 Å². The molecule has 8 aromatic rings. The highest BCUT2D eigenvalue weighted by atomic mass is 16.5. The van der Waals surface area contributed by atoms with Crippen molar-refractivity contribution in [2.24, 2.45) is 0 Å². The van der Waals surface area contributed by atoms with Crippen LogP contribution in [-0.2, 0) is 25.7 Å². The van der Waals surface area contributed by atoms with E-state index < -0.39 is 0 Å². The molecule has 1 aliphatic carbocycles. The minimum absolute atomic E-state index is 0.480. The summed E-state index contributed by atoms with van der Waals surface area (Å²) in [5, 5.41) is 41.0. The number of hydrogen-bond acceptors (Lipinski definition) is 8. The predicted molar refractivity (Wildman–Crippen MR) is 504 cm³/mol. The molecule has 0 unspecified atom stereocenters. The first kappa shape index (κ1) is 94.8. The Morgan fingerprint density at radius 1 is 0.183 bits per heavy atom. The van der Waals surface area contributed by atoms with Gasteiger partial charge in [0.15, 0.2) is 0 Å². The number of nitriles is 4. The summed E-state index contributed by atoms with van der Waals surface area (Å²) < 4.78 is 30.4.